The van der Waals surface area contributed by atoms with Gasteiger partial charge in [0.2, 0.25) is 0 Å². The van der Waals surface area contributed by atoms with E-state index in [0.717, 1.165) is 31.1 Å². The molecule has 3 nitrogen and oxygen atoms in total. The van der Waals surface area contributed by atoms with Gasteiger partial charge in [0.25, 0.3) is 5.91 Å². The Labute approximate surface area is 124 Å². The second kappa shape index (κ2) is 5.60. The average molecular weight is 290 g/mol. The zero-order valence-electron chi connectivity index (χ0n) is 12.2. The average Bonchev–Trinajstić information content (AvgIpc) is 2.87. The van der Waals surface area contributed by atoms with Crippen molar-refractivity contribution < 1.29 is 4.79 Å². The van der Waals surface area contributed by atoms with E-state index in [1.807, 2.05) is 0 Å². The Morgan fingerprint density at radius 1 is 1.45 bits per heavy atom. The molecule has 1 amide bonds. The van der Waals surface area contributed by atoms with Gasteiger partial charge >= 0.3 is 0 Å². The van der Waals surface area contributed by atoms with E-state index in [-0.39, 0.29) is 5.91 Å². The first-order chi connectivity index (χ1) is 9.69. The van der Waals surface area contributed by atoms with Crippen LogP contribution in [0.4, 0.5) is 0 Å². The SMILES string of the molecule is CCCNC(=O)c1cc2sc(C)cc2n1CC1CCC1. The quantitative estimate of drug-likeness (QED) is 0.889. The Hall–Kier alpha value is -1.29. The number of amides is 1. The molecule has 0 radical (unpaired) electrons. The van der Waals surface area contributed by atoms with Crippen molar-refractivity contribution in [2.24, 2.45) is 5.92 Å². The van der Waals surface area contributed by atoms with Crippen molar-refractivity contribution in [3.05, 3.63) is 22.7 Å². The number of aromatic nitrogens is 1. The van der Waals surface area contributed by atoms with E-state index in [1.165, 1.54) is 34.4 Å². The Morgan fingerprint density at radius 2 is 2.25 bits per heavy atom. The molecule has 0 aromatic carbocycles. The standard InChI is InChI=1S/C16H22N2OS/c1-3-7-17-16(19)14-9-15-13(8-11(2)20-15)18(14)10-12-5-4-6-12/h8-9,12H,3-7,10H2,1-2H3,(H,17,19). The number of nitrogens with zero attached hydrogens (tertiary/aromatic N) is 1. The van der Waals surface area contributed by atoms with Crippen molar-refractivity contribution in [2.75, 3.05) is 6.54 Å². The van der Waals surface area contributed by atoms with E-state index in [2.05, 4.69) is 35.9 Å². The van der Waals surface area contributed by atoms with E-state index in [4.69, 9.17) is 0 Å². The van der Waals surface area contributed by atoms with Crippen LogP contribution in [0.5, 0.6) is 0 Å². The summed E-state index contributed by atoms with van der Waals surface area (Å²) in [5.74, 6) is 0.829. The van der Waals surface area contributed by atoms with Crippen LogP contribution in [0.25, 0.3) is 10.2 Å². The van der Waals surface area contributed by atoms with Crippen LogP contribution >= 0.6 is 11.3 Å². The van der Waals surface area contributed by atoms with Crippen molar-refractivity contribution in [3.63, 3.8) is 0 Å². The second-order valence-corrected chi connectivity index (χ2v) is 7.09. The van der Waals surface area contributed by atoms with Crippen molar-refractivity contribution in [2.45, 2.75) is 46.1 Å². The van der Waals surface area contributed by atoms with Gasteiger partial charge in [-0.1, -0.05) is 13.3 Å². The summed E-state index contributed by atoms with van der Waals surface area (Å²) in [6, 6.07) is 4.28. The monoisotopic (exact) mass is 290 g/mol. The molecule has 2 aromatic rings. The summed E-state index contributed by atoms with van der Waals surface area (Å²) >= 11 is 1.78. The highest BCUT2D eigenvalue weighted by Gasteiger charge is 2.23. The molecule has 1 fully saturated rings. The predicted molar refractivity (Wildman–Crippen MR) is 84.5 cm³/mol. The summed E-state index contributed by atoms with van der Waals surface area (Å²) < 4.78 is 3.48. The summed E-state index contributed by atoms with van der Waals surface area (Å²) in [6.45, 7) is 5.96. The molecular weight excluding hydrogens is 268 g/mol. The molecule has 4 heteroatoms. The fourth-order valence-electron chi connectivity index (χ4n) is 2.81. The number of carbonyl (C=O) groups excluding carboxylic acids is 1. The first-order valence-electron chi connectivity index (χ1n) is 7.57. The largest absolute Gasteiger partial charge is 0.351 e. The topological polar surface area (TPSA) is 34.0 Å². The van der Waals surface area contributed by atoms with Gasteiger partial charge in [-0.2, -0.15) is 0 Å². The van der Waals surface area contributed by atoms with E-state index < -0.39 is 0 Å². The highest BCUT2D eigenvalue weighted by atomic mass is 32.1. The fourth-order valence-corrected chi connectivity index (χ4v) is 3.77. The number of thiophene rings is 1. The molecule has 0 atom stereocenters. The lowest BCUT2D eigenvalue weighted by atomic mass is 9.85. The molecule has 0 aliphatic heterocycles. The molecule has 20 heavy (non-hydrogen) atoms. The van der Waals surface area contributed by atoms with E-state index in [9.17, 15) is 4.79 Å². The highest BCUT2D eigenvalue weighted by molar-refractivity contribution is 7.19. The minimum absolute atomic E-state index is 0.0761. The molecule has 3 rings (SSSR count). The number of carbonyl (C=O) groups is 1. The van der Waals surface area contributed by atoms with Crippen molar-refractivity contribution >= 4 is 27.5 Å². The van der Waals surface area contributed by atoms with E-state index in [1.54, 1.807) is 11.3 Å². The Bertz CT molecular complexity index is 622. The molecule has 0 spiro atoms. The van der Waals surface area contributed by atoms with Crippen molar-refractivity contribution in [1.29, 1.82) is 0 Å². The smallest absolute Gasteiger partial charge is 0.267 e. The number of hydrogen-bond acceptors (Lipinski definition) is 2. The molecule has 0 bridgehead atoms. The molecule has 0 saturated heterocycles. The van der Waals surface area contributed by atoms with Gasteiger partial charge < -0.3 is 9.88 Å². The first kappa shape index (κ1) is 13.7. The Balaban J connectivity index is 1.94. The Morgan fingerprint density at radius 3 is 2.90 bits per heavy atom. The van der Waals surface area contributed by atoms with E-state index in [0.29, 0.717) is 0 Å². The highest BCUT2D eigenvalue weighted by Crippen LogP contribution is 2.33. The maximum atomic E-state index is 12.3. The summed E-state index contributed by atoms with van der Waals surface area (Å²) in [5, 5.41) is 3.01. The molecular formula is C16H22N2OS. The van der Waals surface area contributed by atoms with Crippen LogP contribution in [-0.4, -0.2) is 17.0 Å². The van der Waals surface area contributed by atoms with E-state index >= 15 is 0 Å². The van der Waals surface area contributed by atoms with Crippen LogP contribution in [-0.2, 0) is 6.54 Å². The minimum Gasteiger partial charge on any atom is -0.351 e. The van der Waals surface area contributed by atoms with Crippen molar-refractivity contribution in [3.8, 4) is 0 Å². The lowest BCUT2D eigenvalue weighted by molar-refractivity contribution is 0.0942. The van der Waals surface area contributed by atoms with Crippen LogP contribution in [0.2, 0.25) is 0 Å². The summed E-state index contributed by atoms with van der Waals surface area (Å²) in [4.78, 5) is 13.7. The van der Waals surface area contributed by atoms with Gasteiger partial charge in [-0.15, -0.1) is 11.3 Å². The maximum absolute atomic E-state index is 12.3. The summed E-state index contributed by atoms with van der Waals surface area (Å²) in [5.41, 5.74) is 2.08. The summed E-state index contributed by atoms with van der Waals surface area (Å²) in [6.07, 6.45) is 4.93. The lowest BCUT2D eigenvalue weighted by Gasteiger charge is -2.26. The number of nitrogens with one attached hydrogen (secondary N) is 1. The van der Waals surface area contributed by atoms with Crippen LogP contribution in [0, 0.1) is 12.8 Å². The first-order valence-corrected chi connectivity index (χ1v) is 8.38. The zero-order valence-corrected chi connectivity index (χ0v) is 13.1. The fraction of sp³-hybridized carbons (Fsp3) is 0.562. The predicted octanol–water partition coefficient (Wildman–Crippen LogP) is 3.95. The van der Waals surface area contributed by atoms with Crippen LogP contribution in [0.1, 0.15) is 48.0 Å². The van der Waals surface area contributed by atoms with Crippen LogP contribution in [0.3, 0.4) is 0 Å². The van der Waals surface area contributed by atoms with Crippen LogP contribution in [0.15, 0.2) is 12.1 Å². The number of fused-ring (bicyclic) bond motifs is 1. The van der Waals surface area contributed by atoms with Gasteiger partial charge in [-0.3, -0.25) is 4.79 Å². The van der Waals surface area contributed by atoms with Gasteiger partial charge in [0.1, 0.15) is 5.69 Å². The Kier molecular flexibility index (Phi) is 3.83. The molecule has 1 N–H and O–H groups in total. The lowest BCUT2D eigenvalue weighted by Crippen LogP contribution is -2.28. The third kappa shape index (κ3) is 2.49. The normalized spacial score (nSPS) is 15.5. The van der Waals surface area contributed by atoms with Gasteiger partial charge in [-0.05, 0) is 44.2 Å². The molecule has 1 aliphatic carbocycles. The third-order valence-corrected chi connectivity index (χ3v) is 5.13. The number of hydrogen-bond donors (Lipinski definition) is 1. The molecule has 2 aromatic heterocycles. The molecule has 0 unspecified atom stereocenters. The van der Waals surface area contributed by atoms with Crippen LogP contribution < -0.4 is 5.32 Å². The second-order valence-electron chi connectivity index (χ2n) is 5.80. The third-order valence-electron chi connectivity index (χ3n) is 4.15. The van der Waals surface area contributed by atoms with Gasteiger partial charge in [0, 0.05) is 18.0 Å². The van der Waals surface area contributed by atoms with Gasteiger partial charge in [0.15, 0.2) is 0 Å². The minimum atomic E-state index is 0.0761. The molecule has 1 saturated carbocycles. The van der Waals surface area contributed by atoms with Gasteiger partial charge in [0.05, 0.1) is 10.2 Å². The molecule has 108 valence electrons. The molecule has 2 heterocycles. The maximum Gasteiger partial charge on any atom is 0.267 e. The molecule has 1 aliphatic rings. The number of aryl methyl sites for hydroxylation is 1. The van der Waals surface area contributed by atoms with Gasteiger partial charge in [-0.25, -0.2) is 0 Å². The summed E-state index contributed by atoms with van der Waals surface area (Å²) in [7, 11) is 0. The zero-order chi connectivity index (χ0) is 14.1. The number of rotatable bonds is 5. The van der Waals surface area contributed by atoms with Crippen molar-refractivity contribution in [1.82, 2.24) is 9.88 Å².